The number of imidazole rings is 1. The van der Waals surface area contributed by atoms with Crippen molar-refractivity contribution in [1.82, 2.24) is 9.55 Å². The molecule has 0 aliphatic carbocycles. The first-order valence-electron chi connectivity index (χ1n) is 3.82. The summed E-state index contributed by atoms with van der Waals surface area (Å²) < 4.78 is 2.16. The van der Waals surface area contributed by atoms with Gasteiger partial charge in [0.15, 0.2) is 5.82 Å². The number of hydrogen-bond donors (Lipinski definition) is 0. The van der Waals surface area contributed by atoms with Gasteiger partial charge in [-0.25, -0.2) is 4.98 Å². The van der Waals surface area contributed by atoms with E-state index in [4.69, 9.17) is 0 Å². The molecule has 3 nitrogen and oxygen atoms in total. The SMILES string of the molecule is CC1=NCCn2cc(C)nc21. The van der Waals surface area contributed by atoms with Crippen LogP contribution < -0.4 is 0 Å². The van der Waals surface area contributed by atoms with E-state index >= 15 is 0 Å². The summed E-state index contributed by atoms with van der Waals surface area (Å²) in [6.07, 6.45) is 2.08. The van der Waals surface area contributed by atoms with E-state index in [1.165, 1.54) is 0 Å². The van der Waals surface area contributed by atoms with Crippen LogP contribution in [0.2, 0.25) is 0 Å². The summed E-state index contributed by atoms with van der Waals surface area (Å²) in [4.78, 5) is 8.68. The third kappa shape index (κ3) is 0.964. The van der Waals surface area contributed by atoms with Crippen LogP contribution in [-0.2, 0) is 6.54 Å². The molecule has 0 aromatic carbocycles. The lowest BCUT2D eigenvalue weighted by Gasteiger charge is -2.10. The minimum absolute atomic E-state index is 0.897. The Bertz CT molecular complexity index is 309. The third-order valence-electron chi connectivity index (χ3n) is 1.91. The largest absolute Gasteiger partial charge is 0.328 e. The minimum atomic E-state index is 0.897. The monoisotopic (exact) mass is 149 g/mol. The second-order valence-electron chi connectivity index (χ2n) is 2.87. The molecule has 0 spiro atoms. The molecule has 2 rings (SSSR count). The molecule has 0 N–H and O–H groups in total. The predicted molar refractivity (Wildman–Crippen MR) is 44.0 cm³/mol. The van der Waals surface area contributed by atoms with E-state index in [1.54, 1.807) is 0 Å². The average molecular weight is 149 g/mol. The first kappa shape index (κ1) is 6.58. The summed E-state index contributed by atoms with van der Waals surface area (Å²) in [6.45, 7) is 5.90. The van der Waals surface area contributed by atoms with Crippen molar-refractivity contribution in [3.63, 3.8) is 0 Å². The Morgan fingerprint density at radius 2 is 2.27 bits per heavy atom. The lowest BCUT2D eigenvalue weighted by molar-refractivity contribution is 0.681. The maximum absolute atomic E-state index is 4.36. The Kier molecular flexibility index (Phi) is 1.31. The van der Waals surface area contributed by atoms with Crippen LogP contribution in [0.15, 0.2) is 11.2 Å². The topological polar surface area (TPSA) is 30.2 Å². The molecule has 1 aromatic heterocycles. The summed E-state index contributed by atoms with van der Waals surface area (Å²) in [7, 11) is 0. The van der Waals surface area contributed by atoms with Gasteiger partial charge in [0, 0.05) is 12.7 Å². The summed E-state index contributed by atoms with van der Waals surface area (Å²) in [5.74, 6) is 1.04. The highest BCUT2D eigenvalue weighted by atomic mass is 15.1. The molecule has 0 saturated heterocycles. The van der Waals surface area contributed by atoms with Crippen LogP contribution in [0.1, 0.15) is 18.4 Å². The number of aliphatic imine (C=N–C) groups is 1. The van der Waals surface area contributed by atoms with Gasteiger partial charge in [-0.3, -0.25) is 4.99 Å². The molecule has 0 amide bonds. The second kappa shape index (κ2) is 2.19. The van der Waals surface area contributed by atoms with Crippen LogP contribution >= 0.6 is 0 Å². The van der Waals surface area contributed by atoms with E-state index in [2.05, 4.69) is 20.7 Å². The Morgan fingerprint density at radius 3 is 3.00 bits per heavy atom. The Labute approximate surface area is 65.8 Å². The zero-order chi connectivity index (χ0) is 7.84. The smallest absolute Gasteiger partial charge is 0.153 e. The summed E-state index contributed by atoms with van der Waals surface area (Å²) in [6, 6.07) is 0. The molecule has 1 aromatic rings. The lowest BCUT2D eigenvalue weighted by atomic mass is 10.3. The van der Waals surface area contributed by atoms with Gasteiger partial charge in [0.25, 0.3) is 0 Å². The zero-order valence-electron chi connectivity index (χ0n) is 6.83. The Balaban J connectivity index is 2.55. The van der Waals surface area contributed by atoms with Gasteiger partial charge in [0.05, 0.1) is 18.0 Å². The van der Waals surface area contributed by atoms with Crippen molar-refractivity contribution in [3.8, 4) is 0 Å². The van der Waals surface area contributed by atoms with Gasteiger partial charge in [-0.15, -0.1) is 0 Å². The summed E-state index contributed by atoms with van der Waals surface area (Å²) >= 11 is 0. The standard InChI is InChI=1S/C8H11N3/c1-6-5-11-4-3-9-7(2)8(11)10-6/h5H,3-4H2,1-2H3. The number of aromatic nitrogens is 2. The van der Waals surface area contributed by atoms with Crippen LogP contribution in [0, 0.1) is 6.92 Å². The van der Waals surface area contributed by atoms with Gasteiger partial charge in [-0.05, 0) is 13.8 Å². The molecule has 0 bridgehead atoms. The number of fused-ring (bicyclic) bond motifs is 1. The maximum atomic E-state index is 4.36. The molecule has 11 heavy (non-hydrogen) atoms. The van der Waals surface area contributed by atoms with Crippen LogP contribution in [0.25, 0.3) is 0 Å². The first-order chi connectivity index (χ1) is 5.27. The molecule has 2 heterocycles. The molecular weight excluding hydrogens is 138 g/mol. The molecule has 3 heteroatoms. The molecule has 1 aliphatic rings. The Hall–Kier alpha value is -1.12. The van der Waals surface area contributed by atoms with Gasteiger partial charge >= 0.3 is 0 Å². The summed E-state index contributed by atoms with van der Waals surface area (Å²) in [5, 5.41) is 0. The maximum Gasteiger partial charge on any atom is 0.153 e. The van der Waals surface area contributed by atoms with Crippen molar-refractivity contribution >= 4 is 5.71 Å². The van der Waals surface area contributed by atoms with Crippen LogP contribution in [-0.4, -0.2) is 21.8 Å². The normalized spacial score (nSPS) is 16.0. The molecule has 0 unspecified atom stereocenters. The molecule has 58 valence electrons. The predicted octanol–water partition coefficient (Wildman–Crippen LogP) is 1.01. The zero-order valence-corrected chi connectivity index (χ0v) is 6.83. The molecule has 1 aliphatic heterocycles. The fraction of sp³-hybridized carbons (Fsp3) is 0.500. The van der Waals surface area contributed by atoms with Crippen molar-refractivity contribution in [2.45, 2.75) is 20.4 Å². The highest BCUT2D eigenvalue weighted by molar-refractivity contribution is 5.96. The second-order valence-corrected chi connectivity index (χ2v) is 2.87. The molecule has 0 atom stereocenters. The van der Waals surface area contributed by atoms with Gasteiger partial charge in [0.1, 0.15) is 0 Å². The van der Waals surface area contributed by atoms with Crippen LogP contribution in [0.4, 0.5) is 0 Å². The van der Waals surface area contributed by atoms with E-state index in [0.717, 1.165) is 30.3 Å². The molecule has 0 fully saturated rings. The van der Waals surface area contributed by atoms with Gasteiger partial charge < -0.3 is 4.57 Å². The van der Waals surface area contributed by atoms with Crippen LogP contribution in [0.5, 0.6) is 0 Å². The van der Waals surface area contributed by atoms with E-state index in [-0.39, 0.29) is 0 Å². The summed E-state index contributed by atoms with van der Waals surface area (Å²) in [5.41, 5.74) is 2.14. The van der Waals surface area contributed by atoms with E-state index in [9.17, 15) is 0 Å². The molecule has 0 radical (unpaired) electrons. The highest BCUT2D eigenvalue weighted by Gasteiger charge is 2.11. The molecular formula is C8H11N3. The Morgan fingerprint density at radius 1 is 1.45 bits per heavy atom. The van der Waals surface area contributed by atoms with Crippen molar-refractivity contribution in [1.29, 1.82) is 0 Å². The average Bonchev–Trinajstić information content (AvgIpc) is 2.31. The number of hydrogen-bond acceptors (Lipinski definition) is 2. The molecule has 0 saturated carbocycles. The number of aryl methyl sites for hydroxylation is 1. The first-order valence-corrected chi connectivity index (χ1v) is 3.82. The fourth-order valence-corrected chi connectivity index (χ4v) is 1.40. The van der Waals surface area contributed by atoms with E-state index < -0.39 is 0 Å². The van der Waals surface area contributed by atoms with E-state index in [0.29, 0.717) is 0 Å². The number of rotatable bonds is 0. The van der Waals surface area contributed by atoms with Crippen molar-refractivity contribution in [2.75, 3.05) is 6.54 Å². The minimum Gasteiger partial charge on any atom is -0.328 e. The van der Waals surface area contributed by atoms with E-state index in [1.807, 2.05) is 13.8 Å². The van der Waals surface area contributed by atoms with Gasteiger partial charge in [-0.1, -0.05) is 0 Å². The van der Waals surface area contributed by atoms with Gasteiger partial charge in [-0.2, -0.15) is 0 Å². The third-order valence-corrected chi connectivity index (χ3v) is 1.91. The van der Waals surface area contributed by atoms with Crippen molar-refractivity contribution < 1.29 is 0 Å². The lowest BCUT2D eigenvalue weighted by Crippen LogP contribution is -2.15. The number of nitrogens with zero attached hydrogens (tertiary/aromatic N) is 3. The highest BCUT2D eigenvalue weighted by Crippen LogP contribution is 2.08. The van der Waals surface area contributed by atoms with Crippen molar-refractivity contribution in [2.24, 2.45) is 4.99 Å². The fourth-order valence-electron chi connectivity index (χ4n) is 1.40. The van der Waals surface area contributed by atoms with Crippen LogP contribution in [0.3, 0.4) is 0 Å². The van der Waals surface area contributed by atoms with Gasteiger partial charge in [0.2, 0.25) is 0 Å². The quantitative estimate of drug-likeness (QED) is 0.541. The van der Waals surface area contributed by atoms with Crippen molar-refractivity contribution in [3.05, 3.63) is 17.7 Å².